The molecule has 1 N–H and O–H groups in total. The van der Waals surface area contributed by atoms with Crippen LogP contribution in [0.4, 0.5) is 0 Å². The highest BCUT2D eigenvalue weighted by atomic mass is 35.5. The molecule has 0 aliphatic heterocycles. The number of ether oxygens (including phenoxy) is 1. The first kappa shape index (κ1) is 17.4. The Morgan fingerprint density at radius 2 is 1.87 bits per heavy atom. The minimum atomic E-state index is -0.0349. The van der Waals surface area contributed by atoms with Gasteiger partial charge in [0.25, 0.3) is 0 Å². The lowest BCUT2D eigenvalue weighted by atomic mass is 10.1. The van der Waals surface area contributed by atoms with Gasteiger partial charge in [-0.1, -0.05) is 41.9 Å². The monoisotopic (exact) mass is 331 g/mol. The average molecular weight is 332 g/mol. The van der Waals surface area contributed by atoms with Crippen LogP contribution in [0.15, 0.2) is 48.5 Å². The summed E-state index contributed by atoms with van der Waals surface area (Å²) in [5.41, 5.74) is 2.20. The lowest BCUT2D eigenvalue weighted by Gasteiger charge is -2.16. The lowest BCUT2D eigenvalue weighted by molar-refractivity contribution is -0.121. The Kier molecular flexibility index (Phi) is 6.48. The van der Waals surface area contributed by atoms with E-state index in [4.69, 9.17) is 16.3 Å². The van der Waals surface area contributed by atoms with Crippen molar-refractivity contribution in [1.82, 2.24) is 5.32 Å². The molecule has 0 aromatic heterocycles. The van der Waals surface area contributed by atoms with Gasteiger partial charge in [-0.05, 0) is 49.6 Å². The number of nitrogens with one attached hydrogen (secondary N) is 1. The molecule has 0 saturated carbocycles. The third kappa shape index (κ3) is 5.95. The average Bonchev–Trinajstić information content (AvgIpc) is 2.53. The second kappa shape index (κ2) is 8.59. The van der Waals surface area contributed by atoms with Crippen molar-refractivity contribution in [3.63, 3.8) is 0 Å². The number of carbonyl (C=O) groups excluding carboxylic acids is 1. The van der Waals surface area contributed by atoms with Crippen LogP contribution in [-0.2, 0) is 11.2 Å². The van der Waals surface area contributed by atoms with Crippen LogP contribution in [0, 0.1) is 6.92 Å². The third-order valence-electron chi connectivity index (χ3n) is 3.54. The fourth-order valence-corrected chi connectivity index (χ4v) is 2.36. The topological polar surface area (TPSA) is 38.3 Å². The number of aryl methyl sites for hydroxylation is 2. The Morgan fingerprint density at radius 1 is 1.17 bits per heavy atom. The molecule has 1 amide bonds. The summed E-state index contributed by atoms with van der Waals surface area (Å²) in [5.74, 6) is 0.885. The summed E-state index contributed by atoms with van der Waals surface area (Å²) in [5, 5.41) is 3.67. The molecule has 2 aromatic carbocycles. The van der Waals surface area contributed by atoms with E-state index < -0.39 is 0 Å². The number of rotatable bonds is 7. The fourth-order valence-electron chi connectivity index (χ4n) is 2.23. The lowest BCUT2D eigenvalue weighted by Crippen LogP contribution is -2.36. The predicted octanol–water partition coefficient (Wildman–Crippen LogP) is 4.16. The summed E-state index contributed by atoms with van der Waals surface area (Å²) >= 11 is 5.85. The first-order chi connectivity index (χ1) is 11.0. The van der Waals surface area contributed by atoms with Gasteiger partial charge >= 0.3 is 0 Å². The molecule has 1 atom stereocenters. The fraction of sp³-hybridized carbons (Fsp3) is 0.316. The Hall–Kier alpha value is -2.00. The summed E-state index contributed by atoms with van der Waals surface area (Å²) in [6, 6.07) is 15.4. The zero-order chi connectivity index (χ0) is 16.7. The molecule has 0 heterocycles. The van der Waals surface area contributed by atoms with Gasteiger partial charge in [0.15, 0.2) is 0 Å². The van der Waals surface area contributed by atoms with Gasteiger partial charge in [0, 0.05) is 11.4 Å². The molecule has 2 aromatic rings. The molecule has 0 aliphatic rings. The molecule has 0 aliphatic carbocycles. The maximum absolute atomic E-state index is 12.0. The van der Waals surface area contributed by atoms with E-state index in [-0.39, 0.29) is 11.9 Å². The van der Waals surface area contributed by atoms with Gasteiger partial charge in [-0.3, -0.25) is 4.79 Å². The van der Waals surface area contributed by atoms with E-state index in [1.165, 1.54) is 0 Å². The predicted molar refractivity (Wildman–Crippen MR) is 94.1 cm³/mol. The molecular formula is C19H22ClNO2. The standard InChI is InChI=1S/C19H22ClNO2/c1-14-5-3-4-6-18(14)23-13-15(2)21-19(22)12-9-16-7-10-17(20)11-8-16/h3-8,10-11,15H,9,12-13H2,1-2H3,(H,21,22). The van der Waals surface area contributed by atoms with Gasteiger partial charge in [0.05, 0.1) is 6.04 Å². The zero-order valence-corrected chi connectivity index (χ0v) is 14.3. The first-order valence-electron chi connectivity index (χ1n) is 7.77. The van der Waals surface area contributed by atoms with Crippen LogP contribution in [0.1, 0.15) is 24.5 Å². The normalized spacial score (nSPS) is 11.8. The molecule has 2 rings (SSSR count). The maximum atomic E-state index is 12.0. The van der Waals surface area contributed by atoms with Crippen LogP contribution >= 0.6 is 11.6 Å². The molecule has 0 radical (unpaired) electrons. The highest BCUT2D eigenvalue weighted by molar-refractivity contribution is 6.30. The SMILES string of the molecule is Cc1ccccc1OCC(C)NC(=O)CCc1ccc(Cl)cc1. The Morgan fingerprint density at radius 3 is 2.57 bits per heavy atom. The van der Waals surface area contributed by atoms with E-state index in [0.717, 1.165) is 16.9 Å². The van der Waals surface area contributed by atoms with Gasteiger partial charge in [-0.2, -0.15) is 0 Å². The van der Waals surface area contributed by atoms with Crippen molar-refractivity contribution < 1.29 is 9.53 Å². The van der Waals surface area contributed by atoms with Crippen molar-refractivity contribution in [3.05, 3.63) is 64.7 Å². The summed E-state index contributed by atoms with van der Waals surface area (Å²) in [6.45, 7) is 4.40. The van der Waals surface area contributed by atoms with Crippen molar-refractivity contribution in [3.8, 4) is 5.75 Å². The van der Waals surface area contributed by atoms with E-state index in [9.17, 15) is 4.79 Å². The van der Waals surface area contributed by atoms with Crippen LogP contribution < -0.4 is 10.1 Å². The van der Waals surface area contributed by atoms with Crippen molar-refractivity contribution in [2.24, 2.45) is 0 Å². The van der Waals surface area contributed by atoms with E-state index in [1.807, 2.05) is 62.4 Å². The summed E-state index contributed by atoms with van der Waals surface area (Å²) < 4.78 is 5.75. The number of carbonyl (C=O) groups is 1. The van der Waals surface area contributed by atoms with E-state index in [2.05, 4.69) is 5.32 Å². The molecule has 0 saturated heterocycles. The van der Waals surface area contributed by atoms with E-state index in [0.29, 0.717) is 24.5 Å². The van der Waals surface area contributed by atoms with Gasteiger partial charge in [0.2, 0.25) is 5.91 Å². The molecule has 3 nitrogen and oxygen atoms in total. The van der Waals surface area contributed by atoms with Crippen molar-refractivity contribution in [2.75, 3.05) is 6.61 Å². The number of para-hydroxylation sites is 1. The molecule has 4 heteroatoms. The summed E-state index contributed by atoms with van der Waals surface area (Å²) in [7, 11) is 0. The largest absolute Gasteiger partial charge is 0.491 e. The van der Waals surface area contributed by atoms with Gasteiger partial charge in [0.1, 0.15) is 12.4 Å². The Balaban J connectivity index is 1.72. The number of benzene rings is 2. The van der Waals surface area contributed by atoms with Crippen LogP contribution in [0.25, 0.3) is 0 Å². The smallest absolute Gasteiger partial charge is 0.220 e. The summed E-state index contributed by atoms with van der Waals surface area (Å²) in [4.78, 5) is 12.0. The number of hydrogen-bond donors (Lipinski definition) is 1. The highest BCUT2D eigenvalue weighted by Crippen LogP contribution is 2.16. The quantitative estimate of drug-likeness (QED) is 0.827. The molecule has 0 spiro atoms. The molecular weight excluding hydrogens is 310 g/mol. The number of halogens is 1. The number of hydrogen-bond acceptors (Lipinski definition) is 2. The molecule has 1 unspecified atom stereocenters. The Labute approximate surface area is 142 Å². The summed E-state index contributed by atoms with van der Waals surface area (Å²) in [6.07, 6.45) is 1.16. The van der Waals surface area contributed by atoms with Crippen molar-refractivity contribution >= 4 is 17.5 Å². The van der Waals surface area contributed by atoms with Gasteiger partial charge in [-0.25, -0.2) is 0 Å². The van der Waals surface area contributed by atoms with Crippen molar-refractivity contribution in [1.29, 1.82) is 0 Å². The van der Waals surface area contributed by atoms with E-state index >= 15 is 0 Å². The minimum Gasteiger partial charge on any atom is -0.491 e. The second-order valence-corrected chi connectivity index (χ2v) is 6.11. The van der Waals surface area contributed by atoms with Gasteiger partial charge < -0.3 is 10.1 Å². The van der Waals surface area contributed by atoms with Crippen LogP contribution in [0.5, 0.6) is 5.75 Å². The van der Waals surface area contributed by atoms with E-state index in [1.54, 1.807) is 0 Å². The number of amides is 1. The van der Waals surface area contributed by atoms with Crippen LogP contribution in [0.2, 0.25) is 5.02 Å². The molecule has 122 valence electrons. The van der Waals surface area contributed by atoms with Crippen LogP contribution in [-0.4, -0.2) is 18.6 Å². The second-order valence-electron chi connectivity index (χ2n) is 5.67. The first-order valence-corrected chi connectivity index (χ1v) is 8.14. The molecule has 0 fully saturated rings. The molecule has 23 heavy (non-hydrogen) atoms. The van der Waals surface area contributed by atoms with Gasteiger partial charge in [-0.15, -0.1) is 0 Å². The van der Waals surface area contributed by atoms with Crippen LogP contribution in [0.3, 0.4) is 0 Å². The third-order valence-corrected chi connectivity index (χ3v) is 3.80. The maximum Gasteiger partial charge on any atom is 0.220 e. The van der Waals surface area contributed by atoms with Crippen molar-refractivity contribution in [2.45, 2.75) is 32.7 Å². The Bertz CT molecular complexity index is 640. The zero-order valence-electron chi connectivity index (χ0n) is 13.5. The minimum absolute atomic E-state index is 0.0285. The molecule has 0 bridgehead atoms. The highest BCUT2D eigenvalue weighted by Gasteiger charge is 2.09.